The number of hydrogen-bond acceptors (Lipinski definition) is 5. The van der Waals surface area contributed by atoms with Crippen LogP contribution in [0.1, 0.15) is 194 Å². The van der Waals surface area contributed by atoms with Gasteiger partial charge < -0.3 is 14.9 Å². The molecule has 238 valence electrons. The molecule has 0 heterocycles. The van der Waals surface area contributed by atoms with Crippen molar-refractivity contribution in [2.24, 2.45) is 5.41 Å². The zero-order chi connectivity index (χ0) is 29.7. The van der Waals surface area contributed by atoms with Crippen molar-refractivity contribution in [3.8, 4) is 0 Å². The summed E-state index contributed by atoms with van der Waals surface area (Å²) in [5, 5.41) is 18.1. The standard InChI is InChI=1S/C35H68O5/c1-4-7-10-13-17-22-27-35(28-23-18-14-11-8-5-2,29-24-19-15-12-9-6-3)30-25-20-16-21-26-33(38)40-34(39)32(37)31-36/h32,36-37H,4-31H2,1-3H3. The summed E-state index contributed by atoms with van der Waals surface area (Å²) in [7, 11) is 0. The second-order valence-electron chi connectivity index (χ2n) is 12.5. The highest BCUT2D eigenvalue weighted by Crippen LogP contribution is 2.42. The molecular weight excluding hydrogens is 500 g/mol. The molecule has 0 saturated heterocycles. The summed E-state index contributed by atoms with van der Waals surface area (Å²) in [6.45, 7) is 6.13. The zero-order valence-corrected chi connectivity index (χ0v) is 27.0. The average Bonchev–Trinajstić information content (AvgIpc) is 2.95. The van der Waals surface area contributed by atoms with Crippen LogP contribution in [0.5, 0.6) is 0 Å². The third-order valence-electron chi connectivity index (χ3n) is 8.68. The van der Waals surface area contributed by atoms with Crippen LogP contribution in [0.2, 0.25) is 0 Å². The van der Waals surface area contributed by atoms with Crippen molar-refractivity contribution in [1.82, 2.24) is 0 Å². The van der Waals surface area contributed by atoms with E-state index >= 15 is 0 Å². The number of unbranched alkanes of at least 4 members (excludes halogenated alkanes) is 18. The quantitative estimate of drug-likeness (QED) is 0.0511. The summed E-state index contributed by atoms with van der Waals surface area (Å²) in [5.41, 5.74) is 0.478. The summed E-state index contributed by atoms with van der Waals surface area (Å²) < 4.78 is 4.61. The second-order valence-corrected chi connectivity index (χ2v) is 12.5. The summed E-state index contributed by atoms with van der Waals surface area (Å²) in [6, 6.07) is 0. The highest BCUT2D eigenvalue weighted by Gasteiger charge is 2.28. The minimum absolute atomic E-state index is 0.183. The van der Waals surface area contributed by atoms with Gasteiger partial charge in [0.05, 0.1) is 6.61 Å². The van der Waals surface area contributed by atoms with Crippen LogP contribution in [0.4, 0.5) is 0 Å². The molecule has 0 amide bonds. The molecule has 0 aromatic rings. The Kier molecular flexibility index (Phi) is 27.5. The summed E-state index contributed by atoms with van der Waals surface area (Å²) >= 11 is 0. The number of aliphatic hydroxyl groups is 2. The number of carbonyl (C=O) groups is 2. The van der Waals surface area contributed by atoms with Crippen molar-refractivity contribution < 1.29 is 24.5 Å². The predicted octanol–water partition coefficient (Wildman–Crippen LogP) is 9.99. The Hall–Kier alpha value is -0.940. The lowest BCUT2D eigenvalue weighted by Gasteiger charge is -2.35. The van der Waals surface area contributed by atoms with Crippen molar-refractivity contribution in [3.05, 3.63) is 0 Å². The monoisotopic (exact) mass is 569 g/mol. The van der Waals surface area contributed by atoms with E-state index in [9.17, 15) is 14.7 Å². The molecule has 0 aromatic carbocycles. The Labute approximate surface area is 248 Å². The van der Waals surface area contributed by atoms with Gasteiger partial charge in [-0.25, -0.2) is 4.79 Å². The van der Waals surface area contributed by atoms with E-state index in [-0.39, 0.29) is 6.42 Å². The van der Waals surface area contributed by atoms with Crippen LogP contribution in [-0.4, -0.2) is 34.9 Å². The average molecular weight is 569 g/mol. The number of ether oxygens (including phenoxy) is 1. The van der Waals surface area contributed by atoms with E-state index in [1.54, 1.807) is 0 Å². The fourth-order valence-electron chi connectivity index (χ4n) is 6.02. The van der Waals surface area contributed by atoms with Gasteiger partial charge in [0.1, 0.15) is 0 Å². The molecule has 0 aliphatic heterocycles. The van der Waals surface area contributed by atoms with Crippen molar-refractivity contribution in [3.63, 3.8) is 0 Å². The smallest absolute Gasteiger partial charge is 0.345 e. The summed E-state index contributed by atoms with van der Waals surface area (Å²) in [6.07, 6.45) is 32.5. The molecular formula is C35H68O5. The van der Waals surface area contributed by atoms with E-state index in [0.717, 1.165) is 12.8 Å². The molecule has 1 atom stereocenters. The largest absolute Gasteiger partial charge is 0.393 e. The van der Waals surface area contributed by atoms with Gasteiger partial charge in [0, 0.05) is 6.42 Å². The van der Waals surface area contributed by atoms with E-state index in [2.05, 4.69) is 25.5 Å². The number of carbonyl (C=O) groups excluding carboxylic acids is 2. The molecule has 2 N–H and O–H groups in total. The molecule has 1 unspecified atom stereocenters. The molecule has 0 aliphatic rings. The normalized spacial score (nSPS) is 12.5. The van der Waals surface area contributed by atoms with Crippen molar-refractivity contribution >= 4 is 11.9 Å². The van der Waals surface area contributed by atoms with Crippen molar-refractivity contribution in [1.29, 1.82) is 0 Å². The third kappa shape index (κ3) is 22.7. The lowest BCUT2D eigenvalue weighted by molar-refractivity contribution is -0.167. The lowest BCUT2D eigenvalue weighted by atomic mass is 9.70. The third-order valence-corrected chi connectivity index (χ3v) is 8.68. The number of aliphatic hydroxyl groups excluding tert-OH is 2. The van der Waals surface area contributed by atoms with Crippen LogP contribution < -0.4 is 0 Å². The first-order chi connectivity index (χ1) is 19.4. The van der Waals surface area contributed by atoms with E-state index in [4.69, 9.17) is 5.11 Å². The van der Waals surface area contributed by atoms with E-state index in [0.29, 0.717) is 11.8 Å². The van der Waals surface area contributed by atoms with Gasteiger partial charge in [-0.1, -0.05) is 156 Å². The Morgan fingerprint density at radius 3 is 1.23 bits per heavy atom. The molecule has 0 aliphatic carbocycles. The van der Waals surface area contributed by atoms with Gasteiger partial charge >= 0.3 is 11.9 Å². The van der Waals surface area contributed by atoms with Gasteiger partial charge in [-0.3, -0.25) is 4.79 Å². The van der Waals surface area contributed by atoms with Crippen LogP contribution in [0.3, 0.4) is 0 Å². The number of rotatable bonds is 30. The zero-order valence-electron chi connectivity index (χ0n) is 27.0. The van der Waals surface area contributed by atoms with Gasteiger partial charge in [0.15, 0.2) is 6.10 Å². The highest BCUT2D eigenvalue weighted by atomic mass is 16.6. The fraction of sp³-hybridized carbons (Fsp3) is 0.943. The molecule has 0 aromatic heterocycles. The Morgan fingerprint density at radius 1 is 0.550 bits per heavy atom. The lowest BCUT2D eigenvalue weighted by Crippen LogP contribution is -2.28. The Morgan fingerprint density at radius 2 is 0.875 bits per heavy atom. The van der Waals surface area contributed by atoms with Crippen LogP contribution in [0, 0.1) is 5.41 Å². The van der Waals surface area contributed by atoms with Crippen LogP contribution in [0.15, 0.2) is 0 Å². The van der Waals surface area contributed by atoms with Crippen molar-refractivity contribution in [2.75, 3.05) is 6.61 Å². The fourth-order valence-corrected chi connectivity index (χ4v) is 6.02. The summed E-state index contributed by atoms with van der Waals surface area (Å²) in [4.78, 5) is 23.3. The van der Waals surface area contributed by atoms with Gasteiger partial charge in [-0.05, 0) is 37.5 Å². The minimum Gasteiger partial charge on any atom is -0.393 e. The number of esters is 2. The second kappa shape index (κ2) is 28.2. The molecule has 0 spiro atoms. The van der Waals surface area contributed by atoms with Crippen LogP contribution in [0.25, 0.3) is 0 Å². The summed E-state index contributed by atoms with van der Waals surface area (Å²) in [5.74, 6) is -1.67. The van der Waals surface area contributed by atoms with E-state index in [1.165, 1.54) is 148 Å². The van der Waals surface area contributed by atoms with E-state index < -0.39 is 24.6 Å². The highest BCUT2D eigenvalue weighted by molar-refractivity contribution is 5.87. The topological polar surface area (TPSA) is 83.8 Å². The van der Waals surface area contributed by atoms with Gasteiger partial charge in [-0.2, -0.15) is 0 Å². The molecule has 40 heavy (non-hydrogen) atoms. The Bertz CT molecular complexity index is 535. The van der Waals surface area contributed by atoms with Gasteiger partial charge in [0.2, 0.25) is 0 Å². The minimum atomic E-state index is -1.64. The molecule has 0 bridgehead atoms. The van der Waals surface area contributed by atoms with E-state index in [1.807, 2.05) is 0 Å². The van der Waals surface area contributed by atoms with Gasteiger partial charge in [0.25, 0.3) is 0 Å². The molecule has 0 saturated carbocycles. The molecule has 5 heteroatoms. The SMILES string of the molecule is CCCCCCCCC(CCCCCCCC)(CCCCCCCC)CCCCCCC(=O)OC(=O)C(O)CO. The number of hydrogen-bond donors (Lipinski definition) is 2. The molecule has 0 radical (unpaired) electrons. The first kappa shape index (κ1) is 39.1. The van der Waals surface area contributed by atoms with Crippen molar-refractivity contribution in [2.45, 2.75) is 200 Å². The van der Waals surface area contributed by atoms with Crippen LogP contribution >= 0.6 is 0 Å². The maximum absolute atomic E-state index is 11.9. The molecule has 5 nitrogen and oxygen atoms in total. The van der Waals surface area contributed by atoms with Gasteiger partial charge in [-0.15, -0.1) is 0 Å². The van der Waals surface area contributed by atoms with Crippen LogP contribution in [-0.2, 0) is 14.3 Å². The maximum atomic E-state index is 11.9. The Balaban J connectivity index is 4.86. The maximum Gasteiger partial charge on any atom is 0.345 e. The first-order valence-electron chi connectivity index (χ1n) is 17.5. The first-order valence-corrected chi connectivity index (χ1v) is 17.5. The molecule has 0 rings (SSSR count). The predicted molar refractivity (Wildman–Crippen MR) is 168 cm³/mol. The molecule has 0 fully saturated rings.